The number of fused-ring (bicyclic) bond motifs is 2. The largest absolute Gasteiger partial charge is 0.501 e. The Balaban J connectivity index is 0.000000202. The zero-order valence-corrected chi connectivity index (χ0v) is 30.8. The van der Waals surface area contributed by atoms with Gasteiger partial charge in [0.2, 0.25) is 11.5 Å². The summed E-state index contributed by atoms with van der Waals surface area (Å²) >= 11 is 0. The summed E-state index contributed by atoms with van der Waals surface area (Å²) in [5.41, 5.74) is 0.793. The Hall–Kier alpha value is -6.18. The number of rotatable bonds is 7. The molecule has 276 valence electrons. The molecule has 0 radical (unpaired) electrons. The quantitative estimate of drug-likeness (QED) is 0.250. The second kappa shape index (κ2) is 16.9. The second-order valence-corrected chi connectivity index (χ2v) is 12.5. The number of aromatic nitrogens is 6. The second-order valence-electron chi connectivity index (χ2n) is 12.5. The van der Waals surface area contributed by atoms with Gasteiger partial charge >= 0.3 is 11.1 Å². The number of amides is 2. The summed E-state index contributed by atoms with van der Waals surface area (Å²) < 4.78 is 9.17. The lowest BCUT2D eigenvalue weighted by Gasteiger charge is -2.34. The van der Waals surface area contributed by atoms with Crippen LogP contribution >= 0.6 is 0 Å². The standard InChI is InChI=1S/C22H22N4O3.C15H16N4O3.C2H6/c1-15(2)25-12-13-26-18(22(25)28)19(29-14-16-8-4-3-5-9-16)21(27)24-20(26)17-10-6-7-11-23-17;1-9(2)18-7-8-19-11(15(18)22)12(20)14(21)17-13(19)10-5-3-4-6-16-10;1-2/h3-11,15H,12-14H2,1-2H3;3-6,9,20H,7-8H2,1-2H3;1-2H3. The molecular weight excluding hydrogens is 676 g/mol. The van der Waals surface area contributed by atoms with Gasteiger partial charge in [-0.25, -0.2) is 0 Å². The van der Waals surface area contributed by atoms with Crippen molar-refractivity contribution in [1.82, 2.24) is 38.9 Å². The maximum absolute atomic E-state index is 13.3. The fraction of sp³-hybridized carbons (Fsp3) is 0.333. The molecule has 0 spiro atoms. The molecule has 2 amide bonds. The maximum atomic E-state index is 13.3. The first-order chi connectivity index (χ1) is 25.6. The number of aromatic hydroxyl groups is 1. The first-order valence-electron chi connectivity index (χ1n) is 17.7. The van der Waals surface area contributed by atoms with Crippen LogP contribution in [-0.2, 0) is 19.7 Å². The van der Waals surface area contributed by atoms with Gasteiger partial charge in [-0.05, 0) is 57.5 Å². The van der Waals surface area contributed by atoms with Crippen LogP contribution in [0.5, 0.6) is 11.5 Å². The lowest BCUT2D eigenvalue weighted by atomic mass is 10.1. The van der Waals surface area contributed by atoms with Crippen LogP contribution in [0.15, 0.2) is 88.7 Å². The predicted molar refractivity (Wildman–Crippen MR) is 200 cm³/mol. The fourth-order valence-electron chi connectivity index (χ4n) is 6.06. The van der Waals surface area contributed by atoms with Crippen LogP contribution in [0.1, 0.15) is 68.1 Å². The third kappa shape index (κ3) is 8.01. The minimum Gasteiger partial charge on any atom is -0.501 e. The van der Waals surface area contributed by atoms with Crippen LogP contribution in [0.3, 0.4) is 0 Å². The van der Waals surface area contributed by atoms with Crippen LogP contribution in [0.2, 0.25) is 0 Å². The van der Waals surface area contributed by atoms with E-state index in [2.05, 4.69) is 19.9 Å². The molecule has 0 bridgehead atoms. The summed E-state index contributed by atoms with van der Waals surface area (Å²) in [4.78, 5) is 70.6. The van der Waals surface area contributed by atoms with Crippen molar-refractivity contribution in [3.05, 3.63) is 117 Å². The average molecular weight is 721 g/mol. The third-order valence-corrected chi connectivity index (χ3v) is 8.62. The minimum absolute atomic E-state index is 0.0103. The number of nitrogens with zero attached hydrogens (tertiary/aromatic N) is 8. The molecule has 6 heterocycles. The Bertz CT molecular complexity index is 2170. The van der Waals surface area contributed by atoms with E-state index in [-0.39, 0.29) is 47.6 Å². The van der Waals surface area contributed by atoms with Gasteiger partial charge in [-0.1, -0.05) is 56.3 Å². The van der Waals surface area contributed by atoms with Gasteiger partial charge in [0.1, 0.15) is 18.0 Å². The Kier molecular flexibility index (Phi) is 12.1. The highest BCUT2D eigenvalue weighted by molar-refractivity contribution is 5.97. The summed E-state index contributed by atoms with van der Waals surface area (Å²) in [5.74, 6) is -0.523. The molecule has 0 unspecified atom stereocenters. The van der Waals surface area contributed by atoms with E-state index in [9.17, 15) is 24.3 Å². The van der Waals surface area contributed by atoms with Crippen LogP contribution in [0, 0.1) is 0 Å². The van der Waals surface area contributed by atoms with Gasteiger partial charge in [0.25, 0.3) is 11.8 Å². The van der Waals surface area contributed by atoms with Gasteiger partial charge in [-0.15, -0.1) is 0 Å². The van der Waals surface area contributed by atoms with Gasteiger partial charge in [-0.2, -0.15) is 9.97 Å². The molecule has 5 aromatic rings. The van der Waals surface area contributed by atoms with Crippen LogP contribution < -0.4 is 15.9 Å². The van der Waals surface area contributed by atoms with Crippen molar-refractivity contribution in [2.24, 2.45) is 0 Å². The molecule has 0 saturated heterocycles. The van der Waals surface area contributed by atoms with Crippen molar-refractivity contribution in [3.8, 4) is 34.5 Å². The SMILES string of the molecule is CC.CC(C)N1CCn2c(-c3ccccn3)nc(=O)c(O)c2C1=O.CC(C)N1CCn2c(-c3ccccn3)nc(=O)c(OCc3ccccc3)c2C1=O. The molecule has 1 aromatic carbocycles. The number of carbonyl (C=O) groups is 2. The van der Waals surface area contributed by atoms with Gasteiger partial charge in [0, 0.05) is 50.7 Å². The summed E-state index contributed by atoms with van der Waals surface area (Å²) in [6.07, 6.45) is 3.23. The highest BCUT2D eigenvalue weighted by Crippen LogP contribution is 2.28. The zero-order chi connectivity index (χ0) is 38.2. The number of hydrogen-bond donors (Lipinski definition) is 1. The summed E-state index contributed by atoms with van der Waals surface area (Å²) in [5, 5.41) is 10.0. The Morgan fingerprint density at radius 3 is 1.60 bits per heavy atom. The molecule has 0 atom stereocenters. The molecule has 4 aromatic heterocycles. The van der Waals surface area contributed by atoms with Crippen molar-refractivity contribution >= 4 is 11.8 Å². The van der Waals surface area contributed by atoms with Gasteiger partial charge in [0.05, 0.1) is 0 Å². The summed E-state index contributed by atoms with van der Waals surface area (Å²) in [6.45, 7) is 13.9. The van der Waals surface area contributed by atoms with E-state index >= 15 is 0 Å². The van der Waals surface area contributed by atoms with Crippen molar-refractivity contribution in [2.45, 2.75) is 73.3 Å². The highest BCUT2D eigenvalue weighted by Gasteiger charge is 2.34. The molecule has 53 heavy (non-hydrogen) atoms. The van der Waals surface area contributed by atoms with Crippen LogP contribution in [0.4, 0.5) is 0 Å². The minimum atomic E-state index is -0.814. The monoisotopic (exact) mass is 720 g/mol. The molecule has 0 fully saturated rings. The molecule has 2 aliphatic heterocycles. The Morgan fingerprint density at radius 2 is 1.11 bits per heavy atom. The molecule has 0 aliphatic carbocycles. The van der Waals surface area contributed by atoms with Crippen molar-refractivity contribution < 1.29 is 19.4 Å². The van der Waals surface area contributed by atoms with E-state index in [4.69, 9.17) is 4.74 Å². The highest BCUT2D eigenvalue weighted by atomic mass is 16.5. The summed E-state index contributed by atoms with van der Waals surface area (Å²) in [7, 11) is 0. The maximum Gasteiger partial charge on any atom is 0.316 e. The van der Waals surface area contributed by atoms with Gasteiger partial charge in [-0.3, -0.25) is 29.1 Å². The van der Waals surface area contributed by atoms with E-state index in [1.54, 1.807) is 61.7 Å². The fourth-order valence-corrected chi connectivity index (χ4v) is 6.06. The zero-order valence-electron chi connectivity index (χ0n) is 30.8. The number of carbonyl (C=O) groups excluding carboxylic acids is 2. The van der Waals surface area contributed by atoms with E-state index in [1.165, 1.54) is 0 Å². The average Bonchev–Trinajstić information content (AvgIpc) is 3.17. The smallest absolute Gasteiger partial charge is 0.316 e. The van der Waals surface area contributed by atoms with E-state index in [0.29, 0.717) is 49.2 Å². The molecule has 14 nitrogen and oxygen atoms in total. The van der Waals surface area contributed by atoms with Gasteiger partial charge in [0.15, 0.2) is 23.0 Å². The molecule has 0 saturated carbocycles. The topological polar surface area (TPSA) is 166 Å². The van der Waals surface area contributed by atoms with Gasteiger partial charge < -0.3 is 28.8 Å². The number of benzene rings is 1. The number of ether oxygens (including phenoxy) is 1. The molecule has 1 N–H and O–H groups in total. The molecule has 2 aliphatic rings. The first-order valence-corrected chi connectivity index (χ1v) is 17.7. The lowest BCUT2D eigenvalue weighted by molar-refractivity contribution is 0.0631. The number of hydrogen-bond acceptors (Lipinski definition) is 10. The van der Waals surface area contributed by atoms with Crippen molar-refractivity contribution in [1.29, 1.82) is 0 Å². The summed E-state index contributed by atoms with van der Waals surface area (Å²) in [6, 6.07) is 20.2. The van der Waals surface area contributed by atoms with E-state index < -0.39 is 16.9 Å². The Labute approximate surface area is 307 Å². The normalized spacial score (nSPS) is 13.4. The third-order valence-electron chi connectivity index (χ3n) is 8.62. The first kappa shape index (κ1) is 38.1. The van der Waals surface area contributed by atoms with Crippen LogP contribution in [-0.4, -0.2) is 81.0 Å². The number of pyridine rings is 2. The van der Waals surface area contributed by atoms with Crippen molar-refractivity contribution in [2.75, 3.05) is 13.1 Å². The van der Waals surface area contributed by atoms with Crippen molar-refractivity contribution in [3.63, 3.8) is 0 Å². The van der Waals surface area contributed by atoms with E-state index in [0.717, 1.165) is 5.56 Å². The predicted octanol–water partition coefficient (Wildman–Crippen LogP) is 4.65. The molecular formula is C39H44N8O6. The lowest BCUT2D eigenvalue weighted by Crippen LogP contribution is -2.46. The molecule has 14 heteroatoms. The van der Waals surface area contributed by atoms with Crippen LogP contribution in [0.25, 0.3) is 23.0 Å². The molecule has 7 rings (SSSR count). The van der Waals surface area contributed by atoms with E-state index in [1.807, 2.05) is 77.9 Å². The Morgan fingerprint density at radius 1 is 0.642 bits per heavy atom.